The van der Waals surface area contributed by atoms with Crippen molar-refractivity contribution in [2.75, 3.05) is 5.32 Å². The summed E-state index contributed by atoms with van der Waals surface area (Å²) in [6.07, 6.45) is 1.45. The monoisotopic (exact) mass is 337 g/mol. The lowest BCUT2D eigenvalue weighted by molar-refractivity contribution is -0.0493. The molecule has 0 amide bonds. The van der Waals surface area contributed by atoms with E-state index in [2.05, 4.69) is 20.0 Å². The van der Waals surface area contributed by atoms with Crippen LogP contribution in [0.5, 0.6) is 5.75 Å². The highest BCUT2D eigenvalue weighted by Crippen LogP contribution is 2.31. The second-order valence-electron chi connectivity index (χ2n) is 4.56. The van der Waals surface area contributed by atoms with E-state index in [-0.39, 0.29) is 27.5 Å². The maximum Gasteiger partial charge on any atom is 0.387 e. The van der Waals surface area contributed by atoms with Crippen molar-refractivity contribution in [2.24, 2.45) is 0 Å². The van der Waals surface area contributed by atoms with Crippen molar-refractivity contribution in [1.82, 2.24) is 9.97 Å². The number of hydrogen-bond donors (Lipinski definition) is 2. The average molecular weight is 338 g/mol. The second-order valence-corrected chi connectivity index (χ2v) is 4.95. The largest absolute Gasteiger partial charge is 0.433 e. The lowest BCUT2D eigenvalue weighted by Crippen LogP contribution is -2.09. The minimum absolute atomic E-state index is 0.0454. The zero-order valence-corrected chi connectivity index (χ0v) is 12.3. The molecule has 0 radical (unpaired) electrons. The Morgan fingerprint density at radius 1 is 1.22 bits per heavy atom. The van der Waals surface area contributed by atoms with Gasteiger partial charge in [0.2, 0.25) is 0 Å². The van der Waals surface area contributed by atoms with E-state index in [9.17, 15) is 13.6 Å². The van der Waals surface area contributed by atoms with Crippen molar-refractivity contribution in [1.29, 1.82) is 0 Å². The summed E-state index contributed by atoms with van der Waals surface area (Å²) in [6, 6.07) is 9.19. The minimum atomic E-state index is -2.96. The number of para-hydroxylation sites is 2. The Balaban J connectivity index is 2.11. The molecule has 23 heavy (non-hydrogen) atoms. The first-order valence-electron chi connectivity index (χ1n) is 6.53. The molecule has 0 saturated heterocycles. The Labute approximate surface area is 133 Å². The van der Waals surface area contributed by atoms with Crippen molar-refractivity contribution in [2.45, 2.75) is 6.61 Å². The number of aromatic amines is 1. The molecule has 2 N–H and O–H groups in total. The summed E-state index contributed by atoms with van der Waals surface area (Å²) < 4.78 is 29.4. The van der Waals surface area contributed by atoms with E-state index in [1.807, 2.05) is 0 Å². The van der Waals surface area contributed by atoms with Crippen molar-refractivity contribution in [3.8, 4) is 5.75 Å². The number of alkyl halides is 2. The van der Waals surface area contributed by atoms with Gasteiger partial charge in [-0.05, 0) is 24.3 Å². The molecule has 0 aliphatic heterocycles. The van der Waals surface area contributed by atoms with Crippen LogP contribution in [0.2, 0.25) is 5.15 Å². The van der Waals surface area contributed by atoms with Gasteiger partial charge in [0.25, 0.3) is 5.56 Å². The molecule has 3 aromatic rings. The Morgan fingerprint density at radius 3 is 2.78 bits per heavy atom. The molecule has 0 spiro atoms. The molecule has 118 valence electrons. The van der Waals surface area contributed by atoms with Crippen LogP contribution >= 0.6 is 11.6 Å². The van der Waals surface area contributed by atoms with Crippen LogP contribution in [0.15, 0.2) is 47.4 Å². The van der Waals surface area contributed by atoms with Crippen LogP contribution in [0.4, 0.5) is 20.2 Å². The first-order chi connectivity index (χ1) is 11.0. The molecule has 0 aliphatic carbocycles. The fraction of sp³-hybridized carbons (Fsp3) is 0.0667. The molecule has 0 unspecified atom stereocenters. The van der Waals surface area contributed by atoms with Gasteiger partial charge in [-0.1, -0.05) is 23.7 Å². The molecular weight excluding hydrogens is 328 g/mol. The number of fused-ring (bicyclic) bond motifs is 1. The van der Waals surface area contributed by atoms with Gasteiger partial charge >= 0.3 is 6.61 Å². The molecule has 0 fully saturated rings. The van der Waals surface area contributed by atoms with E-state index in [1.54, 1.807) is 24.3 Å². The fourth-order valence-electron chi connectivity index (χ4n) is 2.17. The molecule has 0 atom stereocenters. The second kappa shape index (κ2) is 6.21. The number of ether oxygens (including phenoxy) is 1. The Morgan fingerprint density at radius 2 is 2.00 bits per heavy atom. The summed E-state index contributed by atoms with van der Waals surface area (Å²) in [7, 11) is 0. The predicted molar refractivity (Wildman–Crippen MR) is 83.7 cm³/mol. The van der Waals surface area contributed by atoms with E-state index in [4.69, 9.17) is 11.6 Å². The first-order valence-corrected chi connectivity index (χ1v) is 6.91. The Bertz CT molecular complexity index is 915. The highest BCUT2D eigenvalue weighted by atomic mass is 35.5. The summed E-state index contributed by atoms with van der Waals surface area (Å²) in [5, 5.41) is 3.33. The molecule has 8 heteroatoms. The van der Waals surface area contributed by atoms with Gasteiger partial charge in [-0.15, -0.1) is 0 Å². The topological polar surface area (TPSA) is 67.0 Å². The molecule has 2 aromatic heterocycles. The zero-order valence-electron chi connectivity index (χ0n) is 11.5. The average Bonchev–Trinajstić information content (AvgIpc) is 2.48. The lowest BCUT2D eigenvalue weighted by atomic mass is 10.2. The number of anilines is 2. The number of H-pyrrole nitrogens is 1. The van der Waals surface area contributed by atoms with Crippen LogP contribution in [0.1, 0.15) is 0 Å². The predicted octanol–water partition coefficient (Wildman–Crippen LogP) is 3.92. The van der Waals surface area contributed by atoms with Crippen molar-refractivity contribution >= 4 is 33.9 Å². The van der Waals surface area contributed by atoms with Crippen molar-refractivity contribution in [3.05, 3.63) is 58.1 Å². The van der Waals surface area contributed by atoms with Crippen LogP contribution < -0.4 is 15.6 Å². The standard InChI is InChI=1S/C15H10ClF2N3O2/c16-12-7-10(13-9(21-12)5-6-19-14(13)22)20-8-3-1-2-4-11(8)23-15(17)18/h1-7,15H,(H,19,22)(H,20,21). The molecule has 0 aliphatic rings. The summed E-state index contributed by atoms with van der Waals surface area (Å²) in [5.74, 6) is -0.0454. The van der Waals surface area contributed by atoms with E-state index in [0.717, 1.165) is 0 Å². The smallest absolute Gasteiger partial charge is 0.387 e. The number of benzene rings is 1. The van der Waals surface area contributed by atoms with Crippen molar-refractivity contribution < 1.29 is 13.5 Å². The van der Waals surface area contributed by atoms with Gasteiger partial charge in [-0.3, -0.25) is 4.79 Å². The highest BCUT2D eigenvalue weighted by Gasteiger charge is 2.13. The van der Waals surface area contributed by atoms with Gasteiger partial charge in [-0.25, -0.2) is 4.98 Å². The third kappa shape index (κ3) is 3.24. The van der Waals surface area contributed by atoms with Gasteiger partial charge in [0.05, 0.1) is 22.3 Å². The third-order valence-corrected chi connectivity index (χ3v) is 3.26. The van der Waals surface area contributed by atoms with Crippen molar-refractivity contribution in [3.63, 3.8) is 0 Å². The molecular formula is C15H10ClF2N3O2. The van der Waals surface area contributed by atoms with E-state index in [0.29, 0.717) is 11.2 Å². The molecule has 3 rings (SSSR count). The number of pyridine rings is 2. The lowest BCUT2D eigenvalue weighted by Gasteiger charge is -2.14. The summed E-state index contributed by atoms with van der Waals surface area (Å²) in [6.45, 7) is -2.96. The van der Waals surface area contributed by atoms with Crippen LogP contribution in [-0.4, -0.2) is 16.6 Å². The summed E-state index contributed by atoms with van der Waals surface area (Å²) in [4.78, 5) is 18.6. The number of nitrogens with zero attached hydrogens (tertiary/aromatic N) is 1. The first kappa shape index (κ1) is 15.2. The number of rotatable bonds is 4. The molecule has 0 bridgehead atoms. The van der Waals surface area contributed by atoms with Gasteiger partial charge < -0.3 is 15.0 Å². The van der Waals surface area contributed by atoms with E-state index >= 15 is 0 Å². The molecule has 2 heterocycles. The number of hydrogen-bond acceptors (Lipinski definition) is 4. The van der Waals surface area contributed by atoms with Gasteiger partial charge in [0, 0.05) is 6.20 Å². The third-order valence-electron chi connectivity index (χ3n) is 3.07. The van der Waals surface area contributed by atoms with Crippen LogP contribution in [0, 0.1) is 0 Å². The molecule has 0 saturated carbocycles. The van der Waals surface area contributed by atoms with Crippen LogP contribution in [0.3, 0.4) is 0 Å². The van der Waals surface area contributed by atoms with Crippen LogP contribution in [0.25, 0.3) is 10.9 Å². The molecule has 1 aromatic carbocycles. The van der Waals surface area contributed by atoms with Gasteiger partial charge in [-0.2, -0.15) is 8.78 Å². The Hall–Kier alpha value is -2.67. The quantitative estimate of drug-likeness (QED) is 0.708. The number of aromatic nitrogens is 2. The Kier molecular flexibility index (Phi) is 4.12. The van der Waals surface area contributed by atoms with Crippen LogP contribution in [-0.2, 0) is 0 Å². The maximum atomic E-state index is 12.5. The summed E-state index contributed by atoms with van der Waals surface area (Å²) >= 11 is 5.95. The number of nitrogens with one attached hydrogen (secondary N) is 2. The van der Waals surface area contributed by atoms with E-state index in [1.165, 1.54) is 18.3 Å². The van der Waals surface area contributed by atoms with Gasteiger partial charge in [0.15, 0.2) is 0 Å². The molecule has 5 nitrogen and oxygen atoms in total. The SMILES string of the molecule is O=c1[nH]ccc2nc(Cl)cc(Nc3ccccc3OC(F)F)c12. The van der Waals surface area contributed by atoms with Gasteiger partial charge in [0.1, 0.15) is 10.9 Å². The highest BCUT2D eigenvalue weighted by molar-refractivity contribution is 6.30. The zero-order chi connectivity index (χ0) is 16.4. The van der Waals surface area contributed by atoms with E-state index < -0.39 is 6.61 Å². The minimum Gasteiger partial charge on any atom is -0.433 e. The number of halogens is 3. The fourth-order valence-corrected chi connectivity index (χ4v) is 2.37. The maximum absolute atomic E-state index is 12.5. The normalized spacial score (nSPS) is 11.0. The summed E-state index contributed by atoms with van der Waals surface area (Å²) in [5.41, 5.74) is 0.629.